The van der Waals surface area contributed by atoms with Gasteiger partial charge in [0.1, 0.15) is 11.6 Å². The Morgan fingerprint density at radius 2 is 1.18 bits per heavy atom. The van der Waals surface area contributed by atoms with Crippen LogP contribution in [-0.4, -0.2) is 5.78 Å². The molecule has 22 heavy (non-hydrogen) atoms. The highest BCUT2D eigenvalue weighted by atomic mass is 79.9. The van der Waals surface area contributed by atoms with Crippen molar-refractivity contribution >= 4 is 69.5 Å². The standard InChI is InChI=1S/C15H8Br4F2O/c16-5-7-1-3-9(18)11(13(7)20)15(22)12-10(19)4-2-8(6-17)14(12)21/h1-4H,5-6H2. The smallest absolute Gasteiger partial charge is 0.201 e. The number of halogens is 6. The summed E-state index contributed by atoms with van der Waals surface area (Å²) < 4.78 is 29.6. The third-order valence-corrected chi connectivity index (χ3v) is 5.61. The van der Waals surface area contributed by atoms with Crippen LogP contribution in [-0.2, 0) is 10.7 Å². The third kappa shape index (κ3) is 3.37. The molecule has 0 amide bonds. The molecular weight excluding hydrogens is 554 g/mol. The minimum atomic E-state index is -0.709. The summed E-state index contributed by atoms with van der Waals surface area (Å²) in [5.74, 6) is -2.03. The van der Waals surface area contributed by atoms with Crippen LogP contribution in [0.3, 0.4) is 0 Å². The van der Waals surface area contributed by atoms with Crippen LogP contribution in [0.1, 0.15) is 27.0 Å². The number of benzene rings is 2. The van der Waals surface area contributed by atoms with E-state index < -0.39 is 17.4 Å². The van der Waals surface area contributed by atoms with E-state index in [1.54, 1.807) is 24.3 Å². The Hall–Kier alpha value is -0.110. The molecule has 2 rings (SSSR count). The summed E-state index contributed by atoms with van der Waals surface area (Å²) in [6.45, 7) is 0. The first-order valence-electron chi connectivity index (χ1n) is 6.02. The molecule has 0 heterocycles. The second-order valence-electron chi connectivity index (χ2n) is 4.39. The van der Waals surface area contributed by atoms with Gasteiger partial charge in [-0.2, -0.15) is 0 Å². The SMILES string of the molecule is O=C(c1c(Br)ccc(CBr)c1F)c1c(Br)ccc(CBr)c1F. The molecule has 0 aliphatic heterocycles. The molecule has 0 saturated carbocycles. The summed E-state index contributed by atoms with van der Waals surface area (Å²) >= 11 is 12.7. The molecule has 0 unspecified atom stereocenters. The van der Waals surface area contributed by atoms with Gasteiger partial charge >= 0.3 is 0 Å². The molecule has 0 radical (unpaired) electrons. The van der Waals surface area contributed by atoms with Crippen molar-refractivity contribution < 1.29 is 13.6 Å². The summed E-state index contributed by atoms with van der Waals surface area (Å²) in [4.78, 5) is 12.7. The molecule has 0 aromatic heterocycles. The highest BCUT2D eigenvalue weighted by Gasteiger charge is 2.25. The molecule has 0 atom stereocenters. The van der Waals surface area contributed by atoms with Gasteiger partial charge in [-0.3, -0.25) is 4.79 Å². The third-order valence-electron chi connectivity index (χ3n) is 3.08. The van der Waals surface area contributed by atoms with E-state index in [0.29, 0.717) is 11.1 Å². The molecule has 0 spiro atoms. The molecule has 0 bridgehead atoms. The number of rotatable bonds is 4. The largest absolute Gasteiger partial charge is 0.288 e. The van der Waals surface area contributed by atoms with E-state index in [2.05, 4.69) is 63.7 Å². The van der Waals surface area contributed by atoms with Crippen molar-refractivity contribution in [3.8, 4) is 0 Å². The quantitative estimate of drug-likeness (QED) is 0.307. The maximum absolute atomic E-state index is 14.5. The number of hydrogen-bond acceptors (Lipinski definition) is 1. The van der Waals surface area contributed by atoms with Gasteiger partial charge in [-0.1, -0.05) is 44.0 Å². The van der Waals surface area contributed by atoms with Crippen molar-refractivity contribution in [3.63, 3.8) is 0 Å². The Labute approximate surface area is 160 Å². The minimum absolute atomic E-state index is 0.178. The predicted molar refractivity (Wildman–Crippen MR) is 96.9 cm³/mol. The van der Waals surface area contributed by atoms with Crippen LogP contribution in [0, 0.1) is 11.6 Å². The Morgan fingerprint density at radius 3 is 1.50 bits per heavy atom. The van der Waals surface area contributed by atoms with Crippen molar-refractivity contribution in [1.29, 1.82) is 0 Å². The van der Waals surface area contributed by atoms with Gasteiger partial charge in [-0.25, -0.2) is 8.78 Å². The number of ketones is 1. The van der Waals surface area contributed by atoms with Crippen molar-refractivity contribution in [1.82, 2.24) is 0 Å². The van der Waals surface area contributed by atoms with Crippen LogP contribution >= 0.6 is 63.7 Å². The van der Waals surface area contributed by atoms with E-state index in [-0.39, 0.29) is 30.7 Å². The van der Waals surface area contributed by atoms with E-state index >= 15 is 0 Å². The molecule has 7 heteroatoms. The average Bonchev–Trinajstić information content (AvgIpc) is 2.48. The molecule has 116 valence electrons. The zero-order valence-electron chi connectivity index (χ0n) is 10.9. The normalized spacial score (nSPS) is 10.8. The molecular formula is C15H8Br4F2O. The Kier molecular flexibility index (Phi) is 6.33. The topological polar surface area (TPSA) is 17.1 Å². The second-order valence-corrected chi connectivity index (χ2v) is 7.22. The minimum Gasteiger partial charge on any atom is -0.288 e. The van der Waals surface area contributed by atoms with Crippen molar-refractivity contribution in [2.45, 2.75) is 10.7 Å². The number of hydrogen-bond donors (Lipinski definition) is 0. The first-order valence-corrected chi connectivity index (χ1v) is 9.85. The molecule has 2 aromatic carbocycles. The van der Waals surface area contributed by atoms with Crippen LogP contribution in [0.4, 0.5) is 8.78 Å². The van der Waals surface area contributed by atoms with Gasteiger partial charge in [0, 0.05) is 19.6 Å². The number of alkyl halides is 2. The number of carbonyl (C=O) groups excluding carboxylic acids is 1. The van der Waals surface area contributed by atoms with Crippen LogP contribution in [0.2, 0.25) is 0 Å². The van der Waals surface area contributed by atoms with E-state index in [4.69, 9.17) is 0 Å². The highest BCUT2D eigenvalue weighted by molar-refractivity contribution is 9.11. The fourth-order valence-corrected chi connectivity index (χ4v) is 3.78. The van der Waals surface area contributed by atoms with Gasteiger partial charge in [0.05, 0.1) is 11.1 Å². The van der Waals surface area contributed by atoms with Gasteiger partial charge < -0.3 is 0 Å². The summed E-state index contributed by atoms with van der Waals surface area (Å²) in [5, 5.41) is 0.523. The first kappa shape index (κ1) is 18.2. The second kappa shape index (κ2) is 7.64. The van der Waals surface area contributed by atoms with Gasteiger partial charge in [0.15, 0.2) is 0 Å². The van der Waals surface area contributed by atoms with Crippen LogP contribution < -0.4 is 0 Å². The predicted octanol–water partition coefficient (Wildman–Crippen LogP) is 6.51. The maximum atomic E-state index is 14.5. The average molecular weight is 562 g/mol. The monoisotopic (exact) mass is 558 g/mol. The van der Waals surface area contributed by atoms with Gasteiger partial charge in [0.2, 0.25) is 5.78 Å². The molecule has 0 N–H and O–H groups in total. The lowest BCUT2D eigenvalue weighted by Gasteiger charge is -2.12. The van der Waals surface area contributed by atoms with E-state index in [9.17, 15) is 13.6 Å². The fourth-order valence-electron chi connectivity index (χ4n) is 1.94. The van der Waals surface area contributed by atoms with Gasteiger partial charge in [-0.15, -0.1) is 0 Å². The zero-order chi connectivity index (χ0) is 16.4. The summed E-state index contributed by atoms with van der Waals surface area (Å²) in [6, 6.07) is 6.27. The molecule has 0 saturated heterocycles. The van der Waals surface area contributed by atoms with Crippen molar-refractivity contribution in [2.24, 2.45) is 0 Å². The first-order chi connectivity index (χ1) is 10.4. The van der Waals surface area contributed by atoms with Crippen molar-refractivity contribution in [3.05, 3.63) is 67.1 Å². The Morgan fingerprint density at radius 1 is 0.818 bits per heavy atom. The maximum Gasteiger partial charge on any atom is 0.201 e. The van der Waals surface area contributed by atoms with Gasteiger partial charge in [0.25, 0.3) is 0 Å². The molecule has 2 aromatic rings. The van der Waals surface area contributed by atoms with Crippen LogP contribution in [0.25, 0.3) is 0 Å². The van der Waals surface area contributed by atoms with Crippen molar-refractivity contribution in [2.75, 3.05) is 0 Å². The van der Waals surface area contributed by atoms with Crippen LogP contribution in [0.15, 0.2) is 33.2 Å². The lowest BCUT2D eigenvalue weighted by atomic mass is 9.99. The Balaban J connectivity index is 2.69. The molecule has 0 fully saturated rings. The summed E-state index contributed by atoms with van der Waals surface area (Å²) in [5.41, 5.74) is 0.311. The molecule has 1 nitrogen and oxygen atoms in total. The molecule has 0 aliphatic carbocycles. The lowest BCUT2D eigenvalue weighted by Crippen LogP contribution is -2.11. The lowest BCUT2D eigenvalue weighted by molar-refractivity contribution is 0.102. The van der Waals surface area contributed by atoms with Gasteiger partial charge in [-0.05, 0) is 55.1 Å². The summed E-state index contributed by atoms with van der Waals surface area (Å²) in [6.07, 6.45) is 0. The Bertz CT molecular complexity index is 685. The van der Waals surface area contributed by atoms with Crippen LogP contribution in [0.5, 0.6) is 0 Å². The van der Waals surface area contributed by atoms with E-state index in [1.165, 1.54) is 0 Å². The molecule has 0 aliphatic rings. The van der Waals surface area contributed by atoms with E-state index in [1.807, 2.05) is 0 Å². The van der Waals surface area contributed by atoms with E-state index in [0.717, 1.165) is 0 Å². The summed E-state index contributed by atoms with van der Waals surface area (Å²) in [7, 11) is 0. The fraction of sp³-hybridized carbons (Fsp3) is 0.133. The zero-order valence-corrected chi connectivity index (χ0v) is 17.2. The number of carbonyl (C=O) groups is 1. The highest BCUT2D eigenvalue weighted by Crippen LogP contribution is 2.31.